The van der Waals surface area contributed by atoms with E-state index in [2.05, 4.69) is 22.5 Å². The van der Waals surface area contributed by atoms with E-state index >= 15 is 0 Å². The fourth-order valence-corrected chi connectivity index (χ4v) is 1.97. The minimum atomic E-state index is -0.113. The van der Waals surface area contributed by atoms with Gasteiger partial charge in [0.05, 0.1) is 0 Å². The lowest BCUT2D eigenvalue weighted by atomic mass is 10.1. The van der Waals surface area contributed by atoms with Gasteiger partial charge in [0, 0.05) is 23.5 Å². The van der Waals surface area contributed by atoms with E-state index in [1.165, 1.54) is 0 Å². The second kappa shape index (κ2) is 7.43. The number of hydrogen-bond acceptors (Lipinski definition) is 3. The van der Waals surface area contributed by atoms with Crippen molar-refractivity contribution in [3.63, 3.8) is 0 Å². The summed E-state index contributed by atoms with van der Waals surface area (Å²) in [6.45, 7) is 4.98. The van der Waals surface area contributed by atoms with Crippen LogP contribution in [0, 0.1) is 0 Å². The van der Waals surface area contributed by atoms with E-state index in [9.17, 15) is 4.79 Å². The molecule has 110 valence electrons. The standard InChI is InChI=1S/C17H21N3O/c1-3-10-18-16-12-13(11-14(4-2)19-16)17(21)20-15-8-6-5-7-9-15/h5-9,11-12H,3-4,10H2,1-2H3,(H,18,19)(H,20,21). The summed E-state index contributed by atoms with van der Waals surface area (Å²) in [6.07, 6.45) is 1.82. The van der Waals surface area contributed by atoms with E-state index in [1.807, 2.05) is 43.3 Å². The molecular weight excluding hydrogens is 262 g/mol. The van der Waals surface area contributed by atoms with E-state index in [4.69, 9.17) is 0 Å². The number of amides is 1. The second-order valence-electron chi connectivity index (χ2n) is 4.83. The van der Waals surface area contributed by atoms with Crippen molar-refractivity contribution in [2.24, 2.45) is 0 Å². The zero-order chi connectivity index (χ0) is 15.1. The minimum absolute atomic E-state index is 0.113. The Morgan fingerprint density at radius 2 is 1.90 bits per heavy atom. The van der Waals surface area contributed by atoms with Crippen LogP contribution in [-0.4, -0.2) is 17.4 Å². The third kappa shape index (κ3) is 4.31. The molecule has 21 heavy (non-hydrogen) atoms. The maximum Gasteiger partial charge on any atom is 0.255 e. The van der Waals surface area contributed by atoms with Gasteiger partial charge in [-0.25, -0.2) is 4.98 Å². The van der Waals surface area contributed by atoms with Gasteiger partial charge in [0.15, 0.2) is 0 Å². The number of rotatable bonds is 6. The largest absolute Gasteiger partial charge is 0.370 e. The van der Waals surface area contributed by atoms with Gasteiger partial charge in [-0.15, -0.1) is 0 Å². The van der Waals surface area contributed by atoms with Crippen molar-refractivity contribution >= 4 is 17.4 Å². The molecule has 1 aromatic heterocycles. The third-order valence-corrected chi connectivity index (χ3v) is 3.09. The molecule has 0 fully saturated rings. The smallest absolute Gasteiger partial charge is 0.255 e. The molecule has 0 unspecified atom stereocenters. The number of benzene rings is 1. The van der Waals surface area contributed by atoms with E-state index in [0.29, 0.717) is 5.56 Å². The summed E-state index contributed by atoms with van der Waals surface area (Å²) in [5.41, 5.74) is 2.33. The maximum absolute atomic E-state index is 12.3. The molecule has 0 radical (unpaired) electrons. The van der Waals surface area contributed by atoms with Gasteiger partial charge in [-0.05, 0) is 37.1 Å². The fourth-order valence-electron chi connectivity index (χ4n) is 1.97. The predicted octanol–water partition coefficient (Wildman–Crippen LogP) is 3.72. The highest BCUT2D eigenvalue weighted by molar-refractivity contribution is 6.04. The Kier molecular flexibility index (Phi) is 5.32. The van der Waals surface area contributed by atoms with Crippen molar-refractivity contribution in [2.45, 2.75) is 26.7 Å². The molecule has 1 amide bonds. The molecule has 0 atom stereocenters. The second-order valence-corrected chi connectivity index (χ2v) is 4.83. The molecule has 0 saturated carbocycles. The summed E-state index contributed by atoms with van der Waals surface area (Å²) in [4.78, 5) is 16.8. The quantitative estimate of drug-likeness (QED) is 0.849. The number of pyridine rings is 1. The Bertz CT molecular complexity index is 596. The average Bonchev–Trinajstić information content (AvgIpc) is 2.53. The van der Waals surface area contributed by atoms with Crippen LogP contribution in [0.1, 0.15) is 36.3 Å². The molecular formula is C17H21N3O. The lowest BCUT2D eigenvalue weighted by Gasteiger charge is -2.10. The molecule has 0 saturated heterocycles. The lowest BCUT2D eigenvalue weighted by Crippen LogP contribution is -2.14. The van der Waals surface area contributed by atoms with Crippen LogP contribution in [-0.2, 0) is 6.42 Å². The lowest BCUT2D eigenvalue weighted by molar-refractivity contribution is 0.102. The molecule has 0 aliphatic rings. The van der Waals surface area contributed by atoms with Crippen LogP contribution in [0.3, 0.4) is 0 Å². The van der Waals surface area contributed by atoms with Crippen molar-refractivity contribution in [2.75, 3.05) is 17.2 Å². The minimum Gasteiger partial charge on any atom is -0.370 e. The number of nitrogens with zero attached hydrogens (tertiary/aromatic N) is 1. The molecule has 0 spiro atoms. The van der Waals surface area contributed by atoms with Crippen molar-refractivity contribution in [3.8, 4) is 0 Å². The van der Waals surface area contributed by atoms with Gasteiger partial charge >= 0.3 is 0 Å². The summed E-state index contributed by atoms with van der Waals surface area (Å²) in [5.74, 6) is 0.646. The zero-order valence-electron chi connectivity index (χ0n) is 12.5. The highest BCUT2D eigenvalue weighted by atomic mass is 16.1. The van der Waals surface area contributed by atoms with Crippen LogP contribution in [0.2, 0.25) is 0 Å². The van der Waals surface area contributed by atoms with Crippen LogP contribution >= 0.6 is 0 Å². The number of carbonyl (C=O) groups excluding carboxylic acids is 1. The molecule has 1 aromatic carbocycles. The topological polar surface area (TPSA) is 54.0 Å². The first-order valence-corrected chi connectivity index (χ1v) is 7.34. The van der Waals surface area contributed by atoms with Gasteiger partial charge in [0.2, 0.25) is 0 Å². The Labute approximate surface area is 125 Å². The molecule has 0 aliphatic carbocycles. The number of para-hydroxylation sites is 1. The number of hydrogen-bond donors (Lipinski definition) is 2. The number of carbonyl (C=O) groups is 1. The normalized spacial score (nSPS) is 10.2. The van der Waals surface area contributed by atoms with Crippen molar-refractivity contribution in [1.29, 1.82) is 0 Å². The van der Waals surface area contributed by atoms with Crippen molar-refractivity contribution < 1.29 is 4.79 Å². The van der Waals surface area contributed by atoms with E-state index < -0.39 is 0 Å². The Morgan fingerprint density at radius 1 is 1.14 bits per heavy atom. The van der Waals surface area contributed by atoms with Crippen molar-refractivity contribution in [1.82, 2.24) is 4.98 Å². The first-order valence-electron chi connectivity index (χ1n) is 7.34. The van der Waals surface area contributed by atoms with Gasteiger partial charge in [-0.3, -0.25) is 4.79 Å². The molecule has 2 aromatic rings. The monoisotopic (exact) mass is 283 g/mol. The summed E-state index contributed by atoms with van der Waals surface area (Å²) in [6, 6.07) is 13.1. The van der Waals surface area contributed by atoms with E-state index in [0.717, 1.165) is 36.6 Å². The molecule has 1 heterocycles. The highest BCUT2D eigenvalue weighted by Crippen LogP contribution is 2.14. The summed E-state index contributed by atoms with van der Waals surface area (Å²) >= 11 is 0. The van der Waals surface area contributed by atoms with Crippen LogP contribution in [0.25, 0.3) is 0 Å². The predicted molar refractivity (Wildman–Crippen MR) is 86.8 cm³/mol. The number of anilines is 2. The van der Waals surface area contributed by atoms with Crippen molar-refractivity contribution in [3.05, 3.63) is 53.7 Å². The summed E-state index contributed by atoms with van der Waals surface area (Å²) in [7, 11) is 0. The van der Waals surface area contributed by atoms with Crippen LogP contribution in [0.4, 0.5) is 11.5 Å². The van der Waals surface area contributed by atoms with Gasteiger partial charge in [0.25, 0.3) is 5.91 Å². The number of aromatic nitrogens is 1. The molecule has 2 rings (SSSR count). The summed E-state index contributed by atoms with van der Waals surface area (Å²) < 4.78 is 0. The first kappa shape index (κ1) is 15.0. The van der Waals surface area contributed by atoms with E-state index in [1.54, 1.807) is 6.07 Å². The Morgan fingerprint density at radius 3 is 2.57 bits per heavy atom. The molecule has 4 nitrogen and oxygen atoms in total. The van der Waals surface area contributed by atoms with Crippen LogP contribution in [0.15, 0.2) is 42.5 Å². The Balaban J connectivity index is 2.19. The SMILES string of the molecule is CCCNc1cc(C(=O)Nc2ccccc2)cc(CC)n1. The first-order chi connectivity index (χ1) is 10.2. The highest BCUT2D eigenvalue weighted by Gasteiger charge is 2.09. The molecule has 4 heteroatoms. The maximum atomic E-state index is 12.3. The third-order valence-electron chi connectivity index (χ3n) is 3.09. The fraction of sp³-hybridized carbons (Fsp3) is 0.294. The van der Waals surface area contributed by atoms with Gasteiger partial charge < -0.3 is 10.6 Å². The Hall–Kier alpha value is -2.36. The van der Waals surface area contributed by atoms with Crippen LogP contribution in [0.5, 0.6) is 0 Å². The van der Waals surface area contributed by atoms with E-state index in [-0.39, 0.29) is 5.91 Å². The van der Waals surface area contributed by atoms with Gasteiger partial charge in [-0.2, -0.15) is 0 Å². The van der Waals surface area contributed by atoms with Crippen LogP contribution < -0.4 is 10.6 Å². The van der Waals surface area contributed by atoms with Gasteiger partial charge in [-0.1, -0.05) is 32.0 Å². The molecule has 0 aliphatic heterocycles. The number of aryl methyl sites for hydroxylation is 1. The summed E-state index contributed by atoms with van der Waals surface area (Å²) in [5, 5.41) is 6.14. The average molecular weight is 283 g/mol. The van der Waals surface area contributed by atoms with Gasteiger partial charge in [0.1, 0.15) is 5.82 Å². The molecule has 2 N–H and O–H groups in total. The molecule has 0 bridgehead atoms. The zero-order valence-corrected chi connectivity index (χ0v) is 12.5. The number of nitrogens with one attached hydrogen (secondary N) is 2.